The van der Waals surface area contributed by atoms with E-state index in [0.717, 1.165) is 5.56 Å². The smallest absolute Gasteiger partial charge is 0.115 e. The number of aromatic hydroxyl groups is 1. The number of carbonyl (C=O) groups excluding carboxylic acids is 1. The minimum absolute atomic E-state index is 0.0772. The van der Waals surface area contributed by atoms with Gasteiger partial charge in [0.1, 0.15) is 5.75 Å². The molecular formula is C11H11O3-. The van der Waals surface area contributed by atoms with Gasteiger partial charge in [-0.25, -0.2) is 0 Å². The minimum atomic E-state index is -1.22. The molecule has 0 amide bonds. The molecule has 1 N–H and O–H groups in total. The number of phenolic OH excluding ortho intramolecular Hbond substituents is 1. The summed E-state index contributed by atoms with van der Waals surface area (Å²) >= 11 is 0. The maximum absolute atomic E-state index is 10.3. The van der Waals surface area contributed by atoms with E-state index in [-0.39, 0.29) is 11.3 Å². The molecule has 3 nitrogen and oxygen atoms in total. The molecule has 0 aliphatic heterocycles. The van der Waals surface area contributed by atoms with Crippen LogP contribution in [0.2, 0.25) is 0 Å². The van der Waals surface area contributed by atoms with Crippen molar-refractivity contribution in [2.24, 2.45) is 0 Å². The highest BCUT2D eigenvalue weighted by molar-refractivity contribution is 5.83. The molecule has 74 valence electrons. The van der Waals surface area contributed by atoms with Crippen molar-refractivity contribution in [1.82, 2.24) is 0 Å². The van der Waals surface area contributed by atoms with Gasteiger partial charge in [-0.3, -0.25) is 0 Å². The van der Waals surface area contributed by atoms with Crippen LogP contribution in [0.3, 0.4) is 0 Å². The van der Waals surface area contributed by atoms with E-state index in [2.05, 4.69) is 6.58 Å². The van der Waals surface area contributed by atoms with Crippen molar-refractivity contribution in [1.29, 1.82) is 0 Å². The van der Waals surface area contributed by atoms with Crippen LogP contribution in [-0.4, -0.2) is 11.1 Å². The minimum Gasteiger partial charge on any atom is -0.545 e. The van der Waals surface area contributed by atoms with Crippen molar-refractivity contribution in [3.05, 3.63) is 42.0 Å². The molecule has 1 rings (SSSR count). The Morgan fingerprint density at radius 3 is 2.79 bits per heavy atom. The SMILES string of the molecule is C=C(CCc1cccc(O)c1)C(=O)[O-]. The van der Waals surface area contributed by atoms with Crippen LogP contribution < -0.4 is 5.11 Å². The zero-order valence-corrected chi connectivity index (χ0v) is 7.69. The van der Waals surface area contributed by atoms with Crippen molar-refractivity contribution in [3.63, 3.8) is 0 Å². The summed E-state index contributed by atoms with van der Waals surface area (Å²) in [5.41, 5.74) is 0.959. The Morgan fingerprint density at radius 1 is 1.50 bits per heavy atom. The summed E-state index contributed by atoms with van der Waals surface area (Å²) in [6.45, 7) is 3.37. The Bertz CT molecular complexity index is 355. The van der Waals surface area contributed by atoms with Gasteiger partial charge in [0, 0.05) is 0 Å². The van der Waals surface area contributed by atoms with Gasteiger partial charge >= 0.3 is 0 Å². The average Bonchev–Trinajstić information content (AvgIpc) is 2.14. The number of carboxylic acid groups (broad SMARTS) is 1. The number of hydrogen-bond acceptors (Lipinski definition) is 3. The van der Waals surface area contributed by atoms with E-state index in [4.69, 9.17) is 5.11 Å². The molecule has 0 bridgehead atoms. The van der Waals surface area contributed by atoms with Crippen molar-refractivity contribution in [2.75, 3.05) is 0 Å². The molecular weight excluding hydrogens is 180 g/mol. The van der Waals surface area contributed by atoms with E-state index in [1.165, 1.54) is 0 Å². The summed E-state index contributed by atoms with van der Waals surface area (Å²) in [5.74, 6) is -1.04. The second-order valence-electron chi connectivity index (χ2n) is 3.06. The zero-order chi connectivity index (χ0) is 10.6. The summed E-state index contributed by atoms with van der Waals surface area (Å²) < 4.78 is 0. The molecule has 0 aromatic heterocycles. The number of benzene rings is 1. The molecule has 0 fully saturated rings. The van der Waals surface area contributed by atoms with Gasteiger partial charge in [-0.15, -0.1) is 0 Å². The second kappa shape index (κ2) is 4.46. The molecule has 0 aliphatic rings. The lowest BCUT2D eigenvalue weighted by atomic mass is 10.1. The topological polar surface area (TPSA) is 60.4 Å². The van der Waals surface area contributed by atoms with Gasteiger partial charge in [0.2, 0.25) is 0 Å². The standard InChI is InChI=1S/C11H12O3/c1-8(11(13)14)5-6-9-3-2-4-10(12)7-9/h2-4,7,12H,1,5-6H2,(H,13,14)/p-1. The monoisotopic (exact) mass is 191 g/mol. The zero-order valence-electron chi connectivity index (χ0n) is 7.69. The number of rotatable bonds is 4. The molecule has 0 spiro atoms. The molecule has 0 heterocycles. The first-order valence-electron chi connectivity index (χ1n) is 4.26. The normalized spacial score (nSPS) is 9.71. The Hall–Kier alpha value is -1.77. The summed E-state index contributed by atoms with van der Waals surface area (Å²) in [6.07, 6.45) is 0.882. The van der Waals surface area contributed by atoms with Crippen LogP contribution in [0, 0.1) is 0 Å². The number of hydrogen-bond donors (Lipinski definition) is 1. The van der Waals surface area contributed by atoms with Gasteiger partial charge in [-0.05, 0) is 36.1 Å². The number of carbonyl (C=O) groups is 1. The van der Waals surface area contributed by atoms with E-state index in [0.29, 0.717) is 12.8 Å². The largest absolute Gasteiger partial charge is 0.545 e. The first kappa shape index (κ1) is 10.3. The molecule has 0 aliphatic carbocycles. The maximum atomic E-state index is 10.3. The molecule has 14 heavy (non-hydrogen) atoms. The van der Waals surface area contributed by atoms with Gasteiger partial charge in [0.05, 0.1) is 5.97 Å². The Balaban J connectivity index is 2.54. The highest BCUT2D eigenvalue weighted by atomic mass is 16.4. The lowest BCUT2D eigenvalue weighted by Gasteiger charge is -2.06. The summed E-state index contributed by atoms with van der Waals surface area (Å²) in [7, 11) is 0. The average molecular weight is 191 g/mol. The lowest BCUT2D eigenvalue weighted by molar-refractivity contribution is -0.299. The third kappa shape index (κ3) is 2.94. The van der Waals surface area contributed by atoms with E-state index < -0.39 is 5.97 Å². The van der Waals surface area contributed by atoms with Crippen molar-refractivity contribution in [2.45, 2.75) is 12.8 Å². The number of phenols is 1. The van der Waals surface area contributed by atoms with E-state index >= 15 is 0 Å². The number of aryl methyl sites for hydroxylation is 1. The van der Waals surface area contributed by atoms with Crippen molar-refractivity contribution in [3.8, 4) is 5.75 Å². The first-order chi connectivity index (χ1) is 6.59. The predicted octanol–water partition coefficient (Wildman–Crippen LogP) is 0.631. The maximum Gasteiger partial charge on any atom is 0.115 e. The van der Waals surface area contributed by atoms with E-state index in [1.807, 2.05) is 6.07 Å². The van der Waals surface area contributed by atoms with Crippen molar-refractivity contribution >= 4 is 5.97 Å². The van der Waals surface area contributed by atoms with E-state index in [9.17, 15) is 9.90 Å². The predicted molar refractivity (Wildman–Crippen MR) is 50.6 cm³/mol. The van der Waals surface area contributed by atoms with Crippen LogP contribution in [0.4, 0.5) is 0 Å². The molecule has 0 atom stereocenters. The lowest BCUT2D eigenvalue weighted by Crippen LogP contribution is -2.24. The van der Waals surface area contributed by atoms with Gasteiger partial charge in [-0.1, -0.05) is 18.7 Å². The molecule has 0 unspecified atom stereocenters. The highest BCUT2D eigenvalue weighted by Gasteiger charge is 1.98. The van der Waals surface area contributed by atoms with Crippen LogP contribution in [0.25, 0.3) is 0 Å². The summed E-state index contributed by atoms with van der Waals surface area (Å²) in [5, 5.41) is 19.5. The van der Waals surface area contributed by atoms with Gasteiger partial charge in [-0.2, -0.15) is 0 Å². The summed E-state index contributed by atoms with van der Waals surface area (Å²) in [4.78, 5) is 10.3. The summed E-state index contributed by atoms with van der Waals surface area (Å²) in [6, 6.07) is 6.70. The third-order valence-electron chi connectivity index (χ3n) is 1.91. The fourth-order valence-electron chi connectivity index (χ4n) is 1.11. The van der Waals surface area contributed by atoms with Gasteiger partial charge < -0.3 is 15.0 Å². The van der Waals surface area contributed by atoms with Crippen LogP contribution in [0.5, 0.6) is 5.75 Å². The molecule has 3 heteroatoms. The first-order valence-corrected chi connectivity index (χ1v) is 4.26. The molecule has 1 aromatic carbocycles. The van der Waals surface area contributed by atoms with Gasteiger partial charge in [0.25, 0.3) is 0 Å². The molecule has 0 radical (unpaired) electrons. The van der Waals surface area contributed by atoms with E-state index in [1.54, 1.807) is 18.2 Å². The Kier molecular flexibility index (Phi) is 3.29. The number of aliphatic carboxylic acids is 1. The highest BCUT2D eigenvalue weighted by Crippen LogP contribution is 2.13. The third-order valence-corrected chi connectivity index (χ3v) is 1.91. The molecule has 0 saturated carbocycles. The number of carboxylic acids is 1. The fourth-order valence-corrected chi connectivity index (χ4v) is 1.11. The van der Waals surface area contributed by atoms with Crippen LogP contribution in [0.15, 0.2) is 36.4 Å². The molecule has 1 aromatic rings. The van der Waals surface area contributed by atoms with Crippen molar-refractivity contribution < 1.29 is 15.0 Å². The fraction of sp³-hybridized carbons (Fsp3) is 0.182. The molecule has 0 saturated heterocycles. The quantitative estimate of drug-likeness (QED) is 0.710. The Morgan fingerprint density at radius 2 is 2.21 bits per heavy atom. The Labute approximate surface area is 82.3 Å². The van der Waals surface area contributed by atoms with Crippen LogP contribution >= 0.6 is 0 Å². The van der Waals surface area contributed by atoms with Crippen LogP contribution in [0.1, 0.15) is 12.0 Å². The van der Waals surface area contributed by atoms with Crippen LogP contribution in [-0.2, 0) is 11.2 Å². The second-order valence-corrected chi connectivity index (χ2v) is 3.06. The van der Waals surface area contributed by atoms with Gasteiger partial charge in [0.15, 0.2) is 0 Å².